The molecule has 1 aromatic heterocycles. The summed E-state index contributed by atoms with van der Waals surface area (Å²) < 4.78 is 7.26. The molecule has 8 heteroatoms. The number of hydrogen-bond donors (Lipinski definition) is 0. The maximum atomic E-state index is 12.8. The van der Waals surface area contributed by atoms with Crippen molar-refractivity contribution < 1.29 is 9.21 Å². The van der Waals surface area contributed by atoms with Gasteiger partial charge in [-0.05, 0) is 54.6 Å². The van der Waals surface area contributed by atoms with Gasteiger partial charge < -0.3 is 4.42 Å². The lowest BCUT2D eigenvalue weighted by atomic mass is 10.2. The summed E-state index contributed by atoms with van der Waals surface area (Å²) in [6, 6.07) is 16.2. The first-order valence-electron chi connectivity index (χ1n) is 8.01. The molecule has 3 aromatic rings. The largest absolute Gasteiger partial charge is 0.457 e. The topological polar surface area (TPSA) is 33.5 Å². The van der Waals surface area contributed by atoms with Gasteiger partial charge >= 0.3 is 0 Å². The predicted octanol–water partition coefficient (Wildman–Crippen LogP) is 7.42. The molecule has 0 aliphatic carbocycles. The highest BCUT2D eigenvalue weighted by Crippen LogP contribution is 2.37. The van der Waals surface area contributed by atoms with Crippen LogP contribution in [0.1, 0.15) is 5.76 Å². The van der Waals surface area contributed by atoms with Crippen LogP contribution in [0.3, 0.4) is 0 Å². The van der Waals surface area contributed by atoms with Gasteiger partial charge in [-0.3, -0.25) is 9.69 Å². The second-order valence-electron chi connectivity index (χ2n) is 5.82. The fourth-order valence-electron chi connectivity index (χ4n) is 2.67. The molecule has 0 N–H and O–H groups in total. The number of carbonyl (C=O) groups excluding carboxylic acids is 1. The van der Waals surface area contributed by atoms with Crippen LogP contribution in [-0.4, -0.2) is 10.2 Å². The van der Waals surface area contributed by atoms with Crippen LogP contribution in [0, 0.1) is 0 Å². The Morgan fingerprint density at radius 3 is 2.54 bits per heavy atom. The molecule has 0 spiro atoms. The number of benzene rings is 2. The lowest BCUT2D eigenvalue weighted by molar-refractivity contribution is -0.113. The van der Waals surface area contributed by atoms with Gasteiger partial charge in [0, 0.05) is 21.1 Å². The molecule has 1 saturated heterocycles. The Balaban J connectivity index is 1.61. The third-order valence-electron chi connectivity index (χ3n) is 3.98. The summed E-state index contributed by atoms with van der Waals surface area (Å²) in [6.07, 6.45) is 1.69. The summed E-state index contributed by atoms with van der Waals surface area (Å²) in [5, 5.41) is 1.05. The highest BCUT2D eigenvalue weighted by molar-refractivity contribution is 9.10. The lowest BCUT2D eigenvalue weighted by Crippen LogP contribution is -2.27. The molecular weight excluding hydrogens is 501 g/mol. The van der Waals surface area contributed by atoms with Crippen molar-refractivity contribution in [2.24, 2.45) is 0 Å². The number of amides is 1. The number of hydrogen-bond acceptors (Lipinski definition) is 4. The van der Waals surface area contributed by atoms with Gasteiger partial charge in [0.05, 0.1) is 15.6 Å². The highest BCUT2D eigenvalue weighted by Gasteiger charge is 2.33. The zero-order valence-electron chi connectivity index (χ0n) is 14.0. The van der Waals surface area contributed by atoms with Crippen molar-refractivity contribution in [1.82, 2.24) is 0 Å². The van der Waals surface area contributed by atoms with E-state index in [1.54, 1.807) is 36.4 Å². The van der Waals surface area contributed by atoms with Crippen LogP contribution < -0.4 is 4.90 Å². The molecule has 2 aromatic carbocycles. The first-order valence-corrected chi connectivity index (χ1v) is 10.8. The summed E-state index contributed by atoms with van der Waals surface area (Å²) >= 11 is 22.2. The van der Waals surface area contributed by atoms with Gasteiger partial charge in [-0.15, -0.1) is 0 Å². The lowest BCUT2D eigenvalue weighted by Gasteiger charge is -2.14. The van der Waals surface area contributed by atoms with Crippen molar-refractivity contribution >= 4 is 85.1 Å². The smallest absolute Gasteiger partial charge is 0.270 e. The number of rotatable bonds is 3. The zero-order chi connectivity index (χ0) is 19.8. The van der Waals surface area contributed by atoms with Crippen LogP contribution in [0.15, 0.2) is 68.4 Å². The summed E-state index contributed by atoms with van der Waals surface area (Å²) in [5.74, 6) is 0.952. The predicted molar refractivity (Wildman–Crippen MR) is 124 cm³/mol. The Kier molecular flexibility index (Phi) is 5.67. The second-order valence-corrected chi connectivity index (χ2v) is 9.25. The molecule has 0 bridgehead atoms. The fourth-order valence-corrected chi connectivity index (χ4v) is 4.72. The minimum Gasteiger partial charge on any atom is -0.457 e. The van der Waals surface area contributed by atoms with E-state index in [2.05, 4.69) is 15.9 Å². The third-order valence-corrected chi connectivity index (χ3v) is 6.35. The molecule has 0 saturated carbocycles. The molecule has 0 unspecified atom stereocenters. The molecule has 4 rings (SSSR count). The second kappa shape index (κ2) is 8.05. The molecule has 1 aliphatic rings. The Morgan fingerprint density at radius 1 is 1.07 bits per heavy atom. The molecule has 0 radical (unpaired) electrons. The molecule has 28 heavy (non-hydrogen) atoms. The third kappa shape index (κ3) is 3.93. The van der Waals surface area contributed by atoms with Crippen LogP contribution in [0.2, 0.25) is 10.0 Å². The Labute approximate surface area is 189 Å². The van der Waals surface area contributed by atoms with Gasteiger partial charge in [-0.1, -0.05) is 63.1 Å². The molecule has 3 nitrogen and oxygen atoms in total. The number of nitrogens with zero attached hydrogens (tertiary/aromatic N) is 1. The maximum absolute atomic E-state index is 12.8. The number of anilines is 1. The average molecular weight is 511 g/mol. The number of halogens is 3. The summed E-state index contributed by atoms with van der Waals surface area (Å²) in [4.78, 5) is 14.8. The van der Waals surface area contributed by atoms with Crippen molar-refractivity contribution in [3.05, 3.63) is 79.8 Å². The first kappa shape index (κ1) is 19.7. The van der Waals surface area contributed by atoms with E-state index in [0.717, 1.165) is 15.7 Å². The zero-order valence-corrected chi connectivity index (χ0v) is 18.7. The molecule has 1 amide bonds. The van der Waals surface area contributed by atoms with Crippen LogP contribution >= 0.6 is 63.1 Å². The molecule has 0 atom stereocenters. The van der Waals surface area contributed by atoms with Crippen molar-refractivity contribution in [1.29, 1.82) is 0 Å². The van der Waals surface area contributed by atoms with Crippen molar-refractivity contribution in [3.63, 3.8) is 0 Å². The Morgan fingerprint density at radius 2 is 1.82 bits per heavy atom. The van der Waals surface area contributed by atoms with Gasteiger partial charge in [-0.25, -0.2) is 0 Å². The van der Waals surface area contributed by atoms with Crippen molar-refractivity contribution in [2.75, 3.05) is 4.90 Å². The van der Waals surface area contributed by atoms with Crippen LogP contribution in [-0.2, 0) is 4.79 Å². The van der Waals surface area contributed by atoms with E-state index in [-0.39, 0.29) is 5.91 Å². The van der Waals surface area contributed by atoms with Crippen LogP contribution in [0.25, 0.3) is 17.4 Å². The van der Waals surface area contributed by atoms with E-state index in [1.807, 2.05) is 24.3 Å². The molecule has 140 valence electrons. The van der Waals surface area contributed by atoms with Gasteiger partial charge in [0.25, 0.3) is 5.91 Å². The quantitative estimate of drug-likeness (QED) is 0.271. The van der Waals surface area contributed by atoms with Crippen molar-refractivity contribution in [3.8, 4) is 11.3 Å². The van der Waals surface area contributed by atoms with E-state index >= 15 is 0 Å². The van der Waals surface area contributed by atoms with Gasteiger partial charge in [0.1, 0.15) is 11.5 Å². The van der Waals surface area contributed by atoms with Crippen LogP contribution in [0.4, 0.5) is 5.69 Å². The molecule has 1 aliphatic heterocycles. The molecule has 1 fully saturated rings. The standard InChI is InChI=1S/C20H10BrCl2NO2S2/c21-11-1-4-13(5-2-11)24-19(25)18(28-20(24)27)10-14-6-8-17(26-14)15-7-3-12(22)9-16(15)23/h1-10H/b18-10+. The number of thiocarbonyl (C=S) groups is 1. The maximum Gasteiger partial charge on any atom is 0.270 e. The summed E-state index contributed by atoms with van der Waals surface area (Å²) in [6.45, 7) is 0. The van der Waals surface area contributed by atoms with E-state index in [4.69, 9.17) is 39.8 Å². The number of furan rings is 1. The molecular formula is C20H10BrCl2NO2S2. The summed E-state index contributed by atoms with van der Waals surface area (Å²) in [5.41, 5.74) is 1.45. The normalized spacial score (nSPS) is 15.7. The highest BCUT2D eigenvalue weighted by atomic mass is 79.9. The van der Waals surface area contributed by atoms with E-state index in [0.29, 0.717) is 30.8 Å². The number of carbonyl (C=O) groups is 1. The van der Waals surface area contributed by atoms with Gasteiger partial charge in [0.2, 0.25) is 0 Å². The minimum atomic E-state index is -0.181. The van der Waals surface area contributed by atoms with E-state index in [9.17, 15) is 4.79 Å². The van der Waals surface area contributed by atoms with Gasteiger partial charge in [0.15, 0.2) is 4.32 Å². The molecule has 2 heterocycles. The summed E-state index contributed by atoms with van der Waals surface area (Å²) in [7, 11) is 0. The van der Waals surface area contributed by atoms with E-state index in [1.165, 1.54) is 16.7 Å². The van der Waals surface area contributed by atoms with Gasteiger partial charge in [-0.2, -0.15) is 0 Å². The minimum absolute atomic E-state index is 0.181. The van der Waals surface area contributed by atoms with Crippen LogP contribution in [0.5, 0.6) is 0 Å². The SMILES string of the molecule is O=C1/C(=C\c2ccc(-c3ccc(Cl)cc3Cl)o2)SC(=S)N1c1ccc(Br)cc1. The first-order chi connectivity index (χ1) is 13.4. The Bertz CT molecular complexity index is 1130. The fraction of sp³-hybridized carbons (Fsp3) is 0. The van der Waals surface area contributed by atoms with E-state index < -0.39 is 0 Å². The average Bonchev–Trinajstić information content (AvgIpc) is 3.21. The Hall–Kier alpha value is -1.57. The number of thioether (sulfide) groups is 1. The monoisotopic (exact) mass is 509 g/mol. The van der Waals surface area contributed by atoms with Crippen molar-refractivity contribution in [2.45, 2.75) is 0 Å².